The summed E-state index contributed by atoms with van der Waals surface area (Å²) >= 11 is 1.69. The number of nitrogens with one attached hydrogen (secondary N) is 2. The van der Waals surface area contributed by atoms with Crippen molar-refractivity contribution in [3.8, 4) is 0 Å². The van der Waals surface area contributed by atoms with E-state index in [4.69, 9.17) is 4.74 Å². The molecule has 0 bridgehead atoms. The van der Waals surface area contributed by atoms with E-state index in [0.29, 0.717) is 19.7 Å². The number of amides is 2. The van der Waals surface area contributed by atoms with Crippen LogP contribution in [0.25, 0.3) is 0 Å². The molecule has 94 valence electrons. The van der Waals surface area contributed by atoms with Crippen molar-refractivity contribution in [2.75, 3.05) is 26.5 Å². The smallest absolute Gasteiger partial charge is 0.315 e. The van der Waals surface area contributed by atoms with Crippen molar-refractivity contribution in [3.05, 3.63) is 29.8 Å². The van der Waals surface area contributed by atoms with Crippen molar-refractivity contribution in [3.63, 3.8) is 0 Å². The Morgan fingerprint density at radius 3 is 2.94 bits per heavy atom. The normalized spacial score (nSPS) is 10.0. The molecule has 0 aromatic heterocycles. The number of urea groups is 1. The topological polar surface area (TPSA) is 50.4 Å². The molecule has 0 unspecified atom stereocenters. The molecule has 0 aliphatic carbocycles. The summed E-state index contributed by atoms with van der Waals surface area (Å²) in [6.07, 6.45) is 2.03. The Hall–Kier alpha value is -1.20. The van der Waals surface area contributed by atoms with Gasteiger partial charge in [0.05, 0.1) is 6.61 Å². The quantitative estimate of drug-likeness (QED) is 0.602. The second-order valence-electron chi connectivity index (χ2n) is 3.45. The van der Waals surface area contributed by atoms with Crippen LogP contribution in [0.15, 0.2) is 29.2 Å². The lowest BCUT2D eigenvalue weighted by Gasteiger charge is -2.07. The van der Waals surface area contributed by atoms with Crippen LogP contribution in [0.2, 0.25) is 0 Å². The second kappa shape index (κ2) is 7.97. The lowest BCUT2D eigenvalue weighted by Crippen LogP contribution is -2.36. The summed E-state index contributed by atoms with van der Waals surface area (Å²) in [4.78, 5) is 12.6. The van der Waals surface area contributed by atoms with E-state index in [1.54, 1.807) is 18.9 Å². The molecule has 0 radical (unpaired) electrons. The molecule has 0 aliphatic rings. The molecular weight excluding hydrogens is 236 g/mol. The zero-order valence-electron chi connectivity index (χ0n) is 10.2. The van der Waals surface area contributed by atoms with E-state index in [9.17, 15) is 4.79 Å². The first-order chi connectivity index (χ1) is 8.26. The van der Waals surface area contributed by atoms with Crippen LogP contribution in [0.5, 0.6) is 0 Å². The van der Waals surface area contributed by atoms with E-state index >= 15 is 0 Å². The Bertz CT molecular complexity index is 358. The van der Waals surface area contributed by atoms with Gasteiger partial charge in [-0.3, -0.25) is 0 Å². The highest BCUT2D eigenvalue weighted by Crippen LogP contribution is 2.15. The lowest BCUT2D eigenvalue weighted by atomic mass is 10.2. The molecule has 0 atom stereocenters. The molecular formula is C12H18N2O2S. The molecule has 0 saturated heterocycles. The summed E-state index contributed by atoms with van der Waals surface area (Å²) in [5.41, 5.74) is 1.10. The summed E-state index contributed by atoms with van der Waals surface area (Å²) < 4.78 is 4.84. The first kappa shape index (κ1) is 13.9. The van der Waals surface area contributed by atoms with Crippen LogP contribution in [-0.4, -0.2) is 32.5 Å². The Labute approximate surface area is 106 Å². The molecule has 1 aromatic rings. The first-order valence-corrected chi connectivity index (χ1v) is 6.62. The molecule has 4 nitrogen and oxygen atoms in total. The Balaban J connectivity index is 2.31. The summed E-state index contributed by atoms with van der Waals surface area (Å²) in [5.74, 6) is 0. The van der Waals surface area contributed by atoms with E-state index in [1.165, 1.54) is 4.90 Å². The average molecular weight is 254 g/mol. The highest BCUT2D eigenvalue weighted by atomic mass is 32.2. The molecule has 2 amide bonds. The van der Waals surface area contributed by atoms with Crippen molar-refractivity contribution >= 4 is 17.8 Å². The molecule has 17 heavy (non-hydrogen) atoms. The molecule has 0 heterocycles. The van der Waals surface area contributed by atoms with Crippen molar-refractivity contribution in [2.45, 2.75) is 11.4 Å². The van der Waals surface area contributed by atoms with Crippen LogP contribution in [0, 0.1) is 0 Å². The minimum Gasteiger partial charge on any atom is -0.383 e. The van der Waals surface area contributed by atoms with Gasteiger partial charge in [-0.25, -0.2) is 4.79 Å². The van der Waals surface area contributed by atoms with E-state index in [1.807, 2.05) is 24.5 Å². The third-order valence-electron chi connectivity index (χ3n) is 2.18. The van der Waals surface area contributed by atoms with E-state index in [0.717, 1.165) is 5.56 Å². The Morgan fingerprint density at radius 2 is 2.24 bits per heavy atom. The van der Waals surface area contributed by atoms with Gasteiger partial charge in [0.25, 0.3) is 0 Å². The average Bonchev–Trinajstić information content (AvgIpc) is 2.37. The van der Waals surface area contributed by atoms with Crippen LogP contribution in [0.1, 0.15) is 5.56 Å². The summed E-state index contributed by atoms with van der Waals surface area (Å²) in [5, 5.41) is 5.50. The van der Waals surface area contributed by atoms with E-state index < -0.39 is 0 Å². The molecule has 1 aromatic carbocycles. The van der Waals surface area contributed by atoms with Crippen molar-refractivity contribution in [1.29, 1.82) is 0 Å². The fourth-order valence-electron chi connectivity index (χ4n) is 1.29. The van der Waals surface area contributed by atoms with Crippen LogP contribution >= 0.6 is 11.8 Å². The summed E-state index contributed by atoms with van der Waals surface area (Å²) in [6, 6.07) is 7.94. The highest BCUT2D eigenvalue weighted by Gasteiger charge is 2.00. The number of benzene rings is 1. The SMILES string of the molecule is COCCNC(=O)NCc1cccc(SC)c1. The van der Waals surface area contributed by atoms with Crippen LogP contribution in [0.4, 0.5) is 4.79 Å². The standard InChI is InChI=1S/C12H18N2O2S/c1-16-7-6-13-12(15)14-9-10-4-3-5-11(8-10)17-2/h3-5,8H,6-7,9H2,1-2H3,(H2,13,14,15). The van der Waals surface area contributed by atoms with E-state index in [2.05, 4.69) is 16.7 Å². The number of hydrogen-bond donors (Lipinski definition) is 2. The molecule has 2 N–H and O–H groups in total. The Morgan fingerprint density at radius 1 is 1.41 bits per heavy atom. The summed E-state index contributed by atoms with van der Waals surface area (Å²) in [6.45, 7) is 1.58. The van der Waals surface area contributed by atoms with Crippen LogP contribution < -0.4 is 10.6 Å². The number of carbonyl (C=O) groups is 1. The molecule has 0 saturated carbocycles. The van der Waals surface area contributed by atoms with Gasteiger partial charge >= 0.3 is 6.03 Å². The van der Waals surface area contributed by atoms with Gasteiger partial charge in [0.15, 0.2) is 0 Å². The fraction of sp³-hybridized carbons (Fsp3) is 0.417. The molecule has 0 fully saturated rings. The van der Waals surface area contributed by atoms with E-state index in [-0.39, 0.29) is 6.03 Å². The van der Waals surface area contributed by atoms with Gasteiger partial charge in [-0.1, -0.05) is 12.1 Å². The first-order valence-electron chi connectivity index (χ1n) is 5.40. The largest absolute Gasteiger partial charge is 0.383 e. The fourth-order valence-corrected chi connectivity index (χ4v) is 1.78. The second-order valence-corrected chi connectivity index (χ2v) is 4.33. The predicted octanol–water partition coefficient (Wildman–Crippen LogP) is 1.85. The lowest BCUT2D eigenvalue weighted by molar-refractivity contribution is 0.196. The number of thioether (sulfide) groups is 1. The zero-order valence-corrected chi connectivity index (χ0v) is 11.0. The number of methoxy groups -OCH3 is 1. The third-order valence-corrected chi connectivity index (χ3v) is 2.90. The minimum atomic E-state index is -0.170. The molecule has 1 rings (SSSR count). The zero-order chi connectivity index (χ0) is 12.5. The molecule has 0 spiro atoms. The number of ether oxygens (including phenoxy) is 1. The van der Waals surface area contributed by atoms with Crippen molar-refractivity contribution in [1.82, 2.24) is 10.6 Å². The highest BCUT2D eigenvalue weighted by molar-refractivity contribution is 7.98. The maximum atomic E-state index is 11.4. The third kappa shape index (κ3) is 5.60. The van der Waals surface area contributed by atoms with Gasteiger partial charge in [0, 0.05) is 25.1 Å². The maximum absolute atomic E-state index is 11.4. The van der Waals surface area contributed by atoms with Gasteiger partial charge in [0.1, 0.15) is 0 Å². The van der Waals surface area contributed by atoms with Gasteiger partial charge in [-0.2, -0.15) is 0 Å². The number of hydrogen-bond acceptors (Lipinski definition) is 3. The number of carbonyl (C=O) groups excluding carboxylic acids is 1. The Kier molecular flexibility index (Phi) is 6.50. The predicted molar refractivity (Wildman–Crippen MR) is 70.3 cm³/mol. The molecule has 0 aliphatic heterocycles. The minimum absolute atomic E-state index is 0.170. The van der Waals surface area contributed by atoms with Crippen LogP contribution in [0.3, 0.4) is 0 Å². The van der Waals surface area contributed by atoms with Crippen molar-refractivity contribution < 1.29 is 9.53 Å². The number of rotatable bonds is 6. The van der Waals surface area contributed by atoms with Gasteiger partial charge < -0.3 is 15.4 Å². The summed E-state index contributed by atoms with van der Waals surface area (Å²) in [7, 11) is 1.60. The van der Waals surface area contributed by atoms with Gasteiger partial charge in [-0.05, 0) is 24.0 Å². The molecule has 5 heteroatoms. The maximum Gasteiger partial charge on any atom is 0.315 e. The monoisotopic (exact) mass is 254 g/mol. The van der Waals surface area contributed by atoms with Crippen LogP contribution in [-0.2, 0) is 11.3 Å². The van der Waals surface area contributed by atoms with Crippen molar-refractivity contribution in [2.24, 2.45) is 0 Å². The van der Waals surface area contributed by atoms with Gasteiger partial charge in [0.2, 0.25) is 0 Å². The van der Waals surface area contributed by atoms with Gasteiger partial charge in [-0.15, -0.1) is 11.8 Å².